The Hall–Kier alpha value is -0.275. The molecule has 14 heavy (non-hydrogen) atoms. The van der Waals surface area contributed by atoms with Crippen LogP contribution in [0.3, 0.4) is 0 Å². The highest BCUT2D eigenvalue weighted by Gasteiger charge is 2.13. The van der Waals surface area contributed by atoms with E-state index in [-0.39, 0.29) is 10.4 Å². The van der Waals surface area contributed by atoms with Gasteiger partial charge in [0, 0.05) is 5.25 Å². The molecule has 0 nitrogen and oxygen atoms in total. The first kappa shape index (κ1) is 13.7. The van der Waals surface area contributed by atoms with Crippen LogP contribution in [-0.4, -0.2) is 24.5 Å². The van der Waals surface area contributed by atoms with E-state index in [2.05, 4.69) is 25.8 Å². The Balaban J connectivity index is 4.64. The van der Waals surface area contributed by atoms with Crippen molar-refractivity contribution in [2.45, 2.75) is 10.4 Å². The average Bonchev–Trinajstić information content (AvgIpc) is 2.22. The van der Waals surface area contributed by atoms with Crippen LogP contribution < -0.4 is 0 Å². The molecule has 0 aliphatic heterocycles. The van der Waals surface area contributed by atoms with Crippen LogP contribution in [0.2, 0.25) is 0 Å². The fourth-order valence-electron chi connectivity index (χ4n) is 0.887. The van der Waals surface area contributed by atoms with Crippen LogP contribution in [0.4, 0.5) is 0 Å². The molecule has 0 aromatic carbocycles. The first-order chi connectivity index (χ1) is 6.67. The third kappa shape index (κ3) is 4.82. The van der Waals surface area contributed by atoms with Gasteiger partial charge < -0.3 is 0 Å². The molecule has 0 rings (SSSR count). The van der Waals surface area contributed by atoms with E-state index in [1.54, 1.807) is 23.9 Å². The molecular weight excluding hydrogens is 207 g/mol. The molecule has 2 atom stereocenters. The van der Waals surface area contributed by atoms with E-state index >= 15 is 0 Å². The maximum atomic E-state index is 5.87. The van der Waals surface area contributed by atoms with Gasteiger partial charge >= 0.3 is 0 Å². The summed E-state index contributed by atoms with van der Waals surface area (Å²) in [5.74, 6) is 0. The lowest BCUT2D eigenvalue weighted by Gasteiger charge is -2.18. The Labute approximate surface area is 98.1 Å². The zero-order valence-electron chi connectivity index (χ0n) is 8.39. The molecule has 0 bridgehead atoms. The minimum atomic E-state index is -0.0148. The summed E-state index contributed by atoms with van der Waals surface area (Å²) in [7, 11) is 5.87. The summed E-state index contributed by atoms with van der Waals surface area (Å²) in [4.78, 5) is 0. The van der Waals surface area contributed by atoms with Gasteiger partial charge in [-0.3, -0.25) is 0 Å². The summed E-state index contributed by atoms with van der Waals surface area (Å²) in [6.45, 7) is 7.27. The molecule has 0 spiro atoms. The van der Waals surface area contributed by atoms with Gasteiger partial charge in [-0.1, -0.05) is 43.5 Å². The van der Waals surface area contributed by atoms with E-state index < -0.39 is 0 Å². The van der Waals surface area contributed by atoms with E-state index in [1.807, 2.05) is 24.5 Å². The van der Waals surface area contributed by atoms with Crippen LogP contribution in [0.5, 0.6) is 0 Å². The summed E-state index contributed by atoms with van der Waals surface area (Å²) >= 11 is 6.05. The first-order valence-electron chi connectivity index (χ1n) is 4.25. The zero-order chi connectivity index (χ0) is 11.0. The quantitative estimate of drug-likeness (QED) is 0.409. The van der Waals surface area contributed by atoms with Crippen molar-refractivity contribution >= 4 is 32.2 Å². The van der Waals surface area contributed by atoms with Crippen molar-refractivity contribution in [2.75, 3.05) is 6.26 Å². The summed E-state index contributed by atoms with van der Waals surface area (Å²) < 4.78 is 0. The Kier molecular flexibility index (Phi) is 7.91. The van der Waals surface area contributed by atoms with Crippen LogP contribution in [0.15, 0.2) is 49.1 Å². The SMILES string of the molecule is [B]C(SC)C(S)C(/C=C\C=C)=C/C=C. The third-order valence-corrected chi connectivity index (χ3v) is 3.30. The second kappa shape index (κ2) is 8.07. The summed E-state index contributed by atoms with van der Waals surface area (Å²) in [6.07, 6.45) is 11.2. The van der Waals surface area contributed by atoms with Gasteiger partial charge in [0.05, 0.1) is 7.85 Å². The molecule has 2 unspecified atom stereocenters. The number of allylic oxidation sites excluding steroid dienone is 5. The van der Waals surface area contributed by atoms with E-state index in [9.17, 15) is 0 Å². The minimum Gasteiger partial charge on any atom is -0.171 e. The normalized spacial score (nSPS) is 16.6. The van der Waals surface area contributed by atoms with Crippen molar-refractivity contribution in [3.05, 3.63) is 49.1 Å². The maximum absolute atomic E-state index is 5.87. The Morgan fingerprint density at radius 1 is 1.43 bits per heavy atom. The van der Waals surface area contributed by atoms with Gasteiger partial charge in [0.2, 0.25) is 0 Å². The molecule has 0 N–H and O–H groups in total. The highest BCUT2D eigenvalue weighted by molar-refractivity contribution is 8.01. The Bertz CT molecular complexity index is 244. The minimum absolute atomic E-state index is 0.0131. The summed E-state index contributed by atoms with van der Waals surface area (Å²) in [5.41, 5.74) is 1.05. The van der Waals surface area contributed by atoms with Crippen LogP contribution in [-0.2, 0) is 0 Å². The fourth-order valence-corrected chi connectivity index (χ4v) is 1.84. The fraction of sp³-hybridized carbons (Fsp3) is 0.273. The van der Waals surface area contributed by atoms with Crippen LogP contribution in [0.1, 0.15) is 0 Å². The molecule has 3 heteroatoms. The average molecular weight is 222 g/mol. The Morgan fingerprint density at radius 3 is 2.50 bits per heavy atom. The highest BCUT2D eigenvalue weighted by Crippen LogP contribution is 2.21. The second-order valence-electron chi connectivity index (χ2n) is 2.64. The van der Waals surface area contributed by atoms with Crippen molar-refractivity contribution in [3.63, 3.8) is 0 Å². The lowest BCUT2D eigenvalue weighted by atomic mass is 9.95. The van der Waals surface area contributed by atoms with Crippen molar-refractivity contribution in [1.29, 1.82) is 0 Å². The van der Waals surface area contributed by atoms with Gasteiger partial charge in [0.15, 0.2) is 0 Å². The second-order valence-corrected chi connectivity index (χ2v) is 4.21. The van der Waals surface area contributed by atoms with E-state index in [0.29, 0.717) is 0 Å². The van der Waals surface area contributed by atoms with Crippen molar-refractivity contribution < 1.29 is 0 Å². The van der Waals surface area contributed by atoms with E-state index in [4.69, 9.17) is 7.85 Å². The third-order valence-electron chi connectivity index (χ3n) is 1.66. The van der Waals surface area contributed by atoms with Gasteiger partial charge in [-0.25, -0.2) is 0 Å². The van der Waals surface area contributed by atoms with E-state index in [1.165, 1.54) is 0 Å². The maximum Gasteiger partial charge on any atom is 0.0866 e. The van der Waals surface area contributed by atoms with Crippen LogP contribution >= 0.6 is 24.4 Å². The van der Waals surface area contributed by atoms with Gasteiger partial charge in [-0.05, 0) is 17.0 Å². The lowest BCUT2D eigenvalue weighted by molar-refractivity contribution is 1.14. The lowest BCUT2D eigenvalue weighted by Crippen LogP contribution is -2.19. The number of hydrogen-bond acceptors (Lipinski definition) is 2. The number of rotatable bonds is 6. The molecule has 0 aromatic heterocycles. The van der Waals surface area contributed by atoms with E-state index in [0.717, 1.165) is 5.57 Å². The molecule has 2 radical (unpaired) electrons. The summed E-state index contributed by atoms with van der Waals surface area (Å²) in [5, 5.41) is -0.00167. The number of hydrogen-bond donors (Lipinski definition) is 1. The largest absolute Gasteiger partial charge is 0.171 e. The molecule has 0 saturated carbocycles. The Morgan fingerprint density at radius 2 is 2.07 bits per heavy atom. The van der Waals surface area contributed by atoms with Crippen LogP contribution in [0, 0.1) is 0 Å². The van der Waals surface area contributed by atoms with Crippen molar-refractivity contribution in [2.24, 2.45) is 0 Å². The molecule has 0 aromatic rings. The number of thioether (sulfide) groups is 1. The predicted molar refractivity (Wildman–Crippen MR) is 73.4 cm³/mol. The molecule has 0 aliphatic carbocycles. The summed E-state index contributed by atoms with van der Waals surface area (Å²) in [6, 6.07) is 0. The highest BCUT2D eigenvalue weighted by atomic mass is 32.2. The van der Waals surface area contributed by atoms with Gasteiger partial charge in [-0.2, -0.15) is 24.4 Å². The van der Waals surface area contributed by atoms with Gasteiger partial charge in [0.25, 0.3) is 0 Å². The molecule has 0 amide bonds. The van der Waals surface area contributed by atoms with Crippen molar-refractivity contribution in [1.82, 2.24) is 0 Å². The van der Waals surface area contributed by atoms with Crippen molar-refractivity contribution in [3.8, 4) is 0 Å². The predicted octanol–water partition coefficient (Wildman–Crippen LogP) is 3.00. The molecule has 0 heterocycles. The standard InChI is InChI=1S/C11H15BS2/c1-4-6-8-9(7-5-2)10(13)11(12)14-3/h4-8,10-11,13H,1-2H2,3H3/b8-6-,9-7+. The zero-order valence-corrected chi connectivity index (χ0v) is 10.1. The topological polar surface area (TPSA) is 0 Å². The molecule has 0 aliphatic rings. The molecule has 74 valence electrons. The smallest absolute Gasteiger partial charge is 0.0866 e. The molecule has 0 saturated heterocycles. The first-order valence-corrected chi connectivity index (χ1v) is 6.06. The van der Waals surface area contributed by atoms with Crippen LogP contribution in [0.25, 0.3) is 0 Å². The number of thiol groups is 1. The monoisotopic (exact) mass is 222 g/mol. The molecular formula is C11H15BS2. The molecule has 0 fully saturated rings. The van der Waals surface area contributed by atoms with Gasteiger partial charge in [0.1, 0.15) is 0 Å². The van der Waals surface area contributed by atoms with Gasteiger partial charge in [-0.15, -0.1) is 0 Å².